The Hall–Kier alpha value is -1.66. The Morgan fingerprint density at radius 3 is 2.69 bits per heavy atom. The lowest BCUT2D eigenvalue weighted by molar-refractivity contribution is 0.549. The van der Waals surface area contributed by atoms with Crippen molar-refractivity contribution in [2.45, 2.75) is 4.90 Å². The van der Waals surface area contributed by atoms with Crippen molar-refractivity contribution in [2.75, 3.05) is 7.05 Å². The zero-order chi connectivity index (χ0) is 11.8. The molecule has 0 saturated carbocycles. The predicted octanol–water partition coefficient (Wildman–Crippen LogP) is 0.588. The number of rotatable bonds is 3. The summed E-state index contributed by atoms with van der Waals surface area (Å²) in [6, 6.07) is 6.29. The third-order valence-corrected chi connectivity index (χ3v) is 3.80. The molecule has 0 atom stereocenters. The zero-order valence-corrected chi connectivity index (χ0v) is 9.36. The second-order valence-corrected chi connectivity index (χ2v) is 5.14. The predicted molar refractivity (Wildman–Crippen MR) is 60.3 cm³/mol. The molecule has 1 aromatic heterocycles. The number of carbonyl (C=O) groups is 1. The number of carbonyl (C=O) groups excluding carboxylic acids is 1. The van der Waals surface area contributed by atoms with Crippen LogP contribution >= 0.6 is 0 Å². The molecule has 0 bridgehead atoms. The Morgan fingerprint density at radius 1 is 1.31 bits per heavy atom. The minimum atomic E-state index is -3.43. The van der Waals surface area contributed by atoms with Crippen molar-refractivity contribution in [1.29, 1.82) is 0 Å². The van der Waals surface area contributed by atoms with Gasteiger partial charge < -0.3 is 0 Å². The van der Waals surface area contributed by atoms with E-state index in [2.05, 4.69) is 4.72 Å². The summed E-state index contributed by atoms with van der Waals surface area (Å²) in [6.45, 7) is 0. The van der Waals surface area contributed by atoms with Crippen LogP contribution in [-0.2, 0) is 14.8 Å². The van der Waals surface area contributed by atoms with E-state index in [9.17, 15) is 13.2 Å². The lowest BCUT2D eigenvalue weighted by Crippen LogP contribution is -2.18. The molecule has 0 aliphatic rings. The maximum Gasteiger partial charge on any atom is 0.240 e. The van der Waals surface area contributed by atoms with Gasteiger partial charge in [-0.15, -0.1) is 0 Å². The molecule has 0 radical (unpaired) electrons. The Kier molecular flexibility index (Phi) is 2.53. The summed E-state index contributed by atoms with van der Waals surface area (Å²) in [6.07, 6.45) is 2.27. The molecule has 1 heterocycles. The smallest absolute Gasteiger partial charge is 0.240 e. The highest BCUT2D eigenvalue weighted by Gasteiger charge is 2.12. The topological polar surface area (TPSA) is 68.2 Å². The number of nitrogens with one attached hydrogen (secondary N) is 1. The van der Waals surface area contributed by atoms with Crippen LogP contribution < -0.4 is 4.72 Å². The van der Waals surface area contributed by atoms with Gasteiger partial charge in [0.25, 0.3) is 0 Å². The summed E-state index contributed by atoms with van der Waals surface area (Å²) in [5, 5.41) is 0.712. The van der Waals surface area contributed by atoms with E-state index < -0.39 is 10.0 Å². The van der Waals surface area contributed by atoms with Crippen LogP contribution in [0.4, 0.5) is 0 Å². The first-order chi connectivity index (χ1) is 7.58. The zero-order valence-electron chi connectivity index (χ0n) is 8.54. The van der Waals surface area contributed by atoms with Gasteiger partial charge in [-0.25, -0.2) is 13.1 Å². The fourth-order valence-electron chi connectivity index (χ4n) is 1.52. The van der Waals surface area contributed by atoms with Crippen molar-refractivity contribution in [3.8, 4) is 0 Å². The first-order valence-corrected chi connectivity index (χ1v) is 6.06. The van der Waals surface area contributed by atoms with E-state index >= 15 is 0 Å². The average Bonchev–Trinajstić information content (AvgIpc) is 2.70. The maximum atomic E-state index is 11.5. The molecule has 0 unspecified atom stereocenters. The molecule has 6 heteroatoms. The van der Waals surface area contributed by atoms with Gasteiger partial charge in [-0.05, 0) is 31.3 Å². The van der Waals surface area contributed by atoms with Crippen LogP contribution in [-0.4, -0.2) is 26.4 Å². The van der Waals surface area contributed by atoms with Crippen molar-refractivity contribution in [1.82, 2.24) is 9.29 Å². The quantitative estimate of drug-likeness (QED) is 0.796. The van der Waals surface area contributed by atoms with E-state index in [1.165, 1.54) is 23.7 Å². The van der Waals surface area contributed by atoms with Gasteiger partial charge in [0.05, 0.1) is 10.4 Å². The lowest BCUT2D eigenvalue weighted by Gasteiger charge is -2.02. The van der Waals surface area contributed by atoms with Crippen molar-refractivity contribution in [3.63, 3.8) is 0 Å². The number of hydrogen-bond acceptors (Lipinski definition) is 3. The highest BCUT2D eigenvalue weighted by Crippen LogP contribution is 2.19. The Labute approximate surface area is 92.7 Å². The van der Waals surface area contributed by atoms with Crippen molar-refractivity contribution in [3.05, 3.63) is 30.5 Å². The van der Waals surface area contributed by atoms with Crippen LogP contribution in [0.25, 0.3) is 10.9 Å². The average molecular weight is 238 g/mol. The molecule has 0 aliphatic carbocycles. The van der Waals surface area contributed by atoms with E-state index in [4.69, 9.17) is 0 Å². The fourth-order valence-corrected chi connectivity index (χ4v) is 2.28. The van der Waals surface area contributed by atoms with Crippen molar-refractivity contribution >= 4 is 27.3 Å². The van der Waals surface area contributed by atoms with Crippen LogP contribution in [0.2, 0.25) is 0 Å². The SMILES string of the molecule is CNS(=O)(=O)c1ccc2c(ccn2C=O)c1. The molecular weight excluding hydrogens is 228 g/mol. The standard InChI is InChI=1S/C10H10N2O3S/c1-11-16(14,15)9-2-3-10-8(6-9)4-5-12(10)7-13/h2-7,11H,1H3. The maximum absolute atomic E-state index is 11.5. The summed E-state index contributed by atoms with van der Waals surface area (Å²) in [5.74, 6) is 0. The first kappa shape index (κ1) is 10.8. The monoisotopic (exact) mass is 238 g/mol. The number of fused-ring (bicyclic) bond motifs is 1. The minimum absolute atomic E-state index is 0.186. The number of sulfonamides is 1. The first-order valence-electron chi connectivity index (χ1n) is 4.58. The molecule has 0 spiro atoms. The van der Waals surface area contributed by atoms with Crippen LogP contribution in [0, 0.1) is 0 Å². The van der Waals surface area contributed by atoms with E-state index in [0.717, 1.165) is 0 Å². The third kappa shape index (κ3) is 1.62. The number of aromatic nitrogens is 1. The summed E-state index contributed by atoms with van der Waals surface area (Å²) < 4.78 is 26.7. The van der Waals surface area contributed by atoms with Gasteiger partial charge in [0.15, 0.2) is 0 Å². The largest absolute Gasteiger partial charge is 0.290 e. The van der Waals surface area contributed by atoms with E-state index in [0.29, 0.717) is 17.3 Å². The number of hydrogen-bond donors (Lipinski definition) is 1. The molecule has 0 aliphatic heterocycles. The molecule has 16 heavy (non-hydrogen) atoms. The molecule has 2 aromatic rings. The van der Waals surface area contributed by atoms with Crippen molar-refractivity contribution in [2.24, 2.45) is 0 Å². The highest BCUT2D eigenvalue weighted by molar-refractivity contribution is 7.89. The van der Waals surface area contributed by atoms with E-state index in [-0.39, 0.29) is 4.90 Å². The summed E-state index contributed by atoms with van der Waals surface area (Å²) >= 11 is 0. The van der Waals surface area contributed by atoms with Crippen LogP contribution in [0.1, 0.15) is 0 Å². The number of nitrogens with zero attached hydrogens (tertiary/aromatic N) is 1. The molecule has 1 aromatic carbocycles. The minimum Gasteiger partial charge on any atom is -0.290 e. The Bertz CT molecular complexity index is 643. The van der Waals surface area contributed by atoms with Crippen LogP contribution in [0.3, 0.4) is 0 Å². The second kappa shape index (κ2) is 3.73. The summed E-state index contributed by atoms with van der Waals surface area (Å²) in [5.41, 5.74) is 0.685. The Balaban J connectivity index is 2.67. The molecule has 0 fully saturated rings. The lowest BCUT2D eigenvalue weighted by atomic mass is 10.2. The third-order valence-electron chi connectivity index (χ3n) is 2.38. The molecule has 5 nitrogen and oxygen atoms in total. The van der Waals surface area contributed by atoms with Gasteiger partial charge in [-0.2, -0.15) is 0 Å². The molecule has 84 valence electrons. The molecule has 1 N–H and O–H groups in total. The number of benzene rings is 1. The van der Waals surface area contributed by atoms with Gasteiger partial charge in [-0.3, -0.25) is 9.36 Å². The normalized spacial score (nSPS) is 11.8. The van der Waals surface area contributed by atoms with Crippen molar-refractivity contribution < 1.29 is 13.2 Å². The molecule has 0 amide bonds. The Morgan fingerprint density at radius 2 is 2.06 bits per heavy atom. The summed E-state index contributed by atoms with van der Waals surface area (Å²) in [7, 11) is -2.08. The van der Waals surface area contributed by atoms with Gasteiger partial charge in [0.2, 0.25) is 16.4 Å². The van der Waals surface area contributed by atoms with Gasteiger partial charge in [0.1, 0.15) is 0 Å². The van der Waals surface area contributed by atoms with Crippen LogP contribution in [0.15, 0.2) is 35.4 Å². The summed E-state index contributed by atoms with van der Waals surface area (Å²) in [4.78, 5) is 10.8. The van der Waals surface area contributed by atoms with Gasteiger partial charge >= 0.3 is 0 Å². The molecule has 2 rings (SSSR count). The van der Waals surface area contributed by atoms with E-state index in [1.54, 1.807) is 18.3 Å². The fraction of sp³-hybridized carbons (Fsp3) is 0.100. The van der Waals surface area contributed by atoms with Gasteiger partial charge in [0, 0.05) is 11.6 Å². The molecular formula is C10H10N2O3S. The van der Waals surface area contributed by atoms with Crippen LogP contribution in [0.5, 0.6) is 0 Å². The highest BCUT2D eigenvalue weighted by atomic mass is 32.2. The van der Waals surface area contributed by atoms with Gasteiger partial charge in [-0.1, -0.05) is 0 Å². The second-order valence-electron chi connectivity index (χ2n) is 3.26. The van der Waals surface area contributed by atoms with E-state index in [1.807, 2.05) is 0 Å². The molecule has 0 saturated heterocycles.